The van der Waals surface area contributed by atoms with Gasteiger partial charge in [0.15, 0.2) is 0 Å². The lowest BCUT2D eigenvalue weighted by Gasteiger charge is -2.07. The van der Waals surface area contributed by atoms with Gasteiger partial charge in [-0.25, -0.2) is 4.39 Å². The average molecular weight is 176 g/mol. The molecule has 2 rings (SSSR count). The molecule has 0 amide bonds. The number of rotatable bonds is 2. The maximum atomic E-state index is 13.0. The van der Waals surface area contributed by atoms with E-state index in [4.69, 9.17) is 0 Å². The summed E-state index contributed by atoms with van der Waals surface area (Å²) in [5.41, 5.74) is 3.30. The van der Waals surface area contributed by atoms with Crippen LogP contribution in [0.3, 0.4) is 0 Å². The van der Waals surface area contributed by atoms with Crippen LogP contribution in [-0.2, 0) is 0 Å². The molecular weight excluding hydrogens is 163 g/mol. The standard InChI is InChI=1S/C12H13F/c1-8(2)11-6-5-10(13)7-12(11)9-3-4-9/h5-7,9H,1,3-4H2,2H3. The topological polar surface area (TPSA) is 0 Å². The van der Waals surface area contributed by atoms with E-state index in [1.807, 2.05) is 13.0 Å². The van der Waals surface area contributed by atoms with Crippen molar-refractivity contribution in [1.82, 2.24) is 0 Å². The van der Waals surface area contributed by atoms with Crippen molar-refractivity contribution in [1.29, 1.82) is 0 Å². The van der Waals surface area contributed by atoms with Gasteiger partial charge in [-0.3, -0.25) is 0 Å². The highest BCUT2D eigenvalue weighted by Gasteiger charge is 2.26. The largest absolute Gasteiger partial charge is 0.207 e. The molecule has 0 heterocycles. The third-order valence-corrected chi connectivity index (χ3v) is 2.49. The quantitative estimate of drug-likeness (QED) is 0.644. The third kappa shape index (κ3) is 1.64. The van der Waals surface area contributed by atoms with E-state index in [-0.39, 0.29) is 5.82 Å². The zero-order chi connectivity index (χ0) is 9.42. The second-order valence-electron chi connectivity index (χ2n) is 3.79. The van der Waals surface area contributed by atoms with Gasteiger partial charge in [-0.1, -0.05) is 18.2 Å². The van der Waals surface area contributed by atoms with E-state index in [1.165, 1.54) is 18.9 Å². The van der Waals surface area contributed by atoms with Crippen molar-refractivity contribution in [2.24, 2.45) is 0 Å². The molecule has 1 fully saturated rings. The Morgan fingerprint density at radius 3 is 2.69 bits per heavy atom. The summed E-state index contributed by atoms with van der Waals surface area (Å²) in [7, 11) is 0. The fraction of sp³-hybridized carbons (Fsp3) is 0.333. The van der Waals surface area contributed by atoms with Gasteiger partial charge >= 0.3 is 0 Å². The highest BCUT2D eigenvalue weighted by atomic mass is 19.1. The second kappa shape index (κ2) is 2.99. The Hall–Kier alpha value is -1.11. The van der Waals surface area contributed by atoms with Gasteiger partial charge in [0.1, 0.15) is 5.82 Å². The molecule has 1 aliphatic carbocycles. The normalized spacial score (nSPS) is 15.8. The molecule has 0 spiro atoms. The van der Waals surface area contributed by atoms with Gasteiger partial charge in [-0.2, -0.15) is 0 Å². The predicted octanol–water partition coefficient (Wildman–Crippen LogP) is 3.74. The minimum Gasteiger partial charge on any atom is -0.207 e. The molecule has 0 aliphatic heterocycles. The third-order valence-electron chi connectivity index (χ3n) is 2.49. The Balaban J connectivity index is 2.47. The maximum absolute atomic E-state index is 13.0. The van der Waals surface area contributed by atoms with Crippen LogP contribution in [0.5, 0.6) is 0 Å². The van der Waals surface area contributed by atoms with Gasteiger partial charge in [0.25, 0.3) is 0 Å². The number of halogens is 1. The van der Waals surface area contributed by atoms with Crippen LogP contribution in [-0.4, -0.2) is 0 Å². The molecule has 0 unspecified atom stereocenters. The predicted molar refractivity (Wildman–Crippen MR) is 53.1 cm³/mol. The van der Waals surface area contributed by atoms with Crippen LogP contribution in [0, 0.1) is 5.82 Å². The van der Waals surface area contributed by atoms with Crippen LogP contribution < -0.4 is 0 Å². The van der Waals surface area contributed by atoms with Crippen LogP contribution in [0.2, 0.25) is 0 Å². The maximum Gasteiger partial charge on any atom is 0.123 e. The van der Waals surface area contributed by atoms with E-state index in [0.717, 1.165) is 16.7 Å². The van der Waals surface area contributed by atoms with E-state index in [2.05, 4.69) is 6.58 Å². The van der Waals surface area contributed by atoms with Gasteiger partial charge in [0.2, 0.25) is 0 Å². The highest BCUT2D eigenvalue weighted by Crippen LogP contribution is 2.43. The molecular formula is C12H13F. The molecule has 1 aromatic carbocycles. The molecule has 0 aromatic heterocycles. The molecule has 1 aromatic rings. The Morgan fingerprint density at radius 1 is 1.46 bits per heavy atom. The minimum absolute atomic E-state index is 0.133. The average Bonchev–Trinajstić information content (AvgIpc) is 2.85. The van der Waals surface area contributed by atoms with E-state index >= 15 is 0 Å². The smallest absolute Gasteiger partial charge is 0.123 e. The Bertz CT molecular complexity index is 348. The Labute approximate surface area is 78.1 Å². The van der Waals surface area contributed by atoms with Crippen LogP contribution >= 0.6 is 0 Å². The first-order chi connectivity index (χ1) is 6.18. The molecule has 0 saturated heterocycles. The summed E-state index contributed by atoms with van der Waals surface area (Å²) in [5, 5.41) is 0. The van der Waals surface area contributed by atoms with Crippen molar-refractivity contribution < 1.29 is 4.39 Å². The summed E-state index contributed by atoms with van der Waals surface area (Å²) in [6.45, 7) is 5.87. The first-order valence-corrected chi connectivity index (χ1v) is 4.64. The fourth-order valence-electron chi connectivity index (χ4n) is 1.65. The van der Waals surface area contributed by atoms with Crippen LogP contribution in [0.1, 0.15) is 36.8 Å². The molecule has 68 valence electrons. The summed E-state index contributed by atoms with van der Waals surface area (Å²) < 4.78 is 13.0. The van der Waals surface area contributed by atoms with Crippen molar-refractivity contribution >= 4 is 5.57 Å². The number of allylic oxidation sites excluding steroid dienone is 1. The molecule has 0 N–H and O–H groups in total. The number of benzene rings is 1. The van der Waals surface area contributed by atoms with Gasteiger partial charge in [-0.05, 0) is 48.9 Å². The van der Waals surface area contributed by atoms with E-state index in [0.29, 0.717) is 5.92 Å². The SMILES string of the molecule is C=C(C)c1ccc(F)cc1C1CC1. The summed E-state index contributed by atoms with van der Waals surface area (Å²) in [6, 6.07) is 5.00. The van der Waals surface area contributed by atoms with Crippen molar-refractivity contribution in [3.8, 4) is 0 Å². The highest BCUT2D eigenvalue weighted by molar-refractivity contribution is 5.65. The van der Waals surface area contributed by atoms with Crippen molar-refractivity contribution in [3.63, 3.8) is 0 Å². The first kappa shape index (κ1) is 8.49. The van der Waals surface area contributed by atoms with E-state index in [9.17, 15) is 4.39 Å². The molecule has 0 radical (unpaired) electrons. The molecule has 13 heavy (non-hydrogen) atoms. The van der Waals surface area contributed by atoms with Gasteiger partial charge in [0.05, 0.1) is 0 Å². The monoisotopic (exact) mass is 176 g/mol. The van der Waals surface area contributed by atoms with Crippen molar-refractivity contribution in [3.05, 3.63) is 41.7 Å². The van der Waals surface area contributed by atoms with Gasteiger partial charge < -0.3 is 0 Å². The number of hydrogen-bond donors (Lipinski definition) is 0. The number of hydrogen-bond acceptors (Lipinski definition) is 0. The molecule has 1 saturated carbocycles. The minimum atomic E-state index is -0.133. The summed E-state index contributed by atoms with van der Waals surface area (Å²) in [6.07, 6.45) is 2.40. The summed E-state index contributed by atoms with van der Waals surface area (Å²) in [5.74, 6) is 0.453. The van der Waals surface area contributed by atoms with Crippen molar-refractivity contribution in [2.45, 2.75) is 25.7 Å². The molecule has 0 bridgehead atoms. The molecule has 1 heteroatoms. The van der Waals surface area contributed by atoms with Gasteiger partial charge in [0, 0.05) is 0 Å². The lowest BCUT2D eigenvalue weighted by Crippen LogP contribution is -1.90. The van der Waals surface area contributed by atoms with E-state index < -0.39 is 0 Å². The van der Waals surface area contributed by atoms with Gasteiger partial charge in [-0.15, -0.1) is 0 Å². The first-order valence-electron chi connectivity index (χ1n) is 4.64. The zero-order valence-electron chi connectivity index (χ0n) is 7.81. The Kier molecular flexibility index (Phi) is 1.95. The van der Waals surface area contributed by atoms with Crippen molar-refractivity contribution in [2.75, 3.05) is 0 Å². The lowest BCUT2D eigenvalue weighted by atomic mass is 9.98. The Morgan fingerprint density at radius 2 is 2.15 bits per heavy atom. The fourth-order valence-corrected chi connectivity index (χ4v) is 1.65. The molecule has 0 atom stereocenters. The summed E-state index contributed by atoms with van der Waals surface area (Å²) in [4.78, 5) is 0. The molecule has 0 nitrogen and oxygen atoms in total. The van der Waals surface area contributed by atoms with Crippen LogP contribution in [0.15, 0.2) is 24.8 Å². The van der Waals surface area contributed by atoms with Crippen LogP contribution in [0.4, 0.5) is 4.39 Å². The second-order valence-corrected chi connectivity index (χ2v) is 3.79. The summed E-state index contributed by atoms with van der Waals surface area (Å²) >= 11 is 0. The van der Waals surface area contributed by atoms with Crippen LogP contribution in [0.25, 0.3) is 5.57 Å². The lowest BCUT2D eigenvalue weighted by molar-refractivity contribution is 0.625. The van der Waals surface area contributed by atoms with E-state index in [1.54, 1.807) is 6.07 Å². The zero-order valence-corrected chi connectivity index (χ0v) is 7.81. The molecule has 1 aliphatic rings.